The van der Waals surface area contributed by atoms with E-state index in [0.717, 1.165) is 6.20 Å². The maximum atomic E-state index is 12.7. The van der Waals surface area contributed by atoms with Gasteiger partial charge in [0.05, 0.1) is 17.6 Å². The second-order valence-corrected chi connectivity index (χ2v) is 4.21. The van der Waals surface area contributed by atoms with Gasteiger partial charge >= 0.3 is 0 Å². The van der Waals surface area contributed by atoms with Crippen molar-refractivity contribution in [1.82, 2.24) is 4.98 Å². The molecule has 2 rings (SSSR count). The molecule has 0 fully saturated rings. The first-order valence-corrected chi connectivity index (χ1v) is 5.63. The molecule has 5 heteroatoms. The van der Waals surface area contributed by atoms with Gasteiger partial charge in [0.25, 0.3) is 0 Å². The van der Waals surface area contributed by atoms with E-state index in [4.69, 9.17) is 17.3 Å². The maximum absolute atomic E-state index is 12.7. The van der Waals surface area contributed by atoms with E-state index in [1.54, 1.807) is 12.1 Å². The van der Waals surface area contributed by atoms with Gasteiger partial charge in [-0.05, 0) is 30.3 Å². The Morgan fingerprint density at radius 2 is 2.11 bits per heavy atom. The number of nitrogens with two attached hydrogens (primary N) is 1. The summed E-state index contributed by atoms with van der Waals surface area (Å²) in [7, 11) is 0. The van der Waals surface area contributed by atoms with Gasteiger partial charge in [0, 0.05) is 16.9 Å². The highest BCUT2D eigenvalue weighted by atomic mass is 35.5. The molecule has 92 valence electrons. The van der Waals surface area contributed by atoms with Crippen molar-refractivity contribution in [2.75, 3.05) is 5.73 Å². The van der Waals surface area contributed by atoms with Crippen LogP contribution in [0, 0.1) is 5.82 Å². The quantitative estimate of drug-likeness (QED) is 0.685. The zero-order valence-electron chi connectivity index (χ0n) is 9.36. The van der Waals surface area contributed by atoms with E-state index in [1.165, 1.54) is 18.2 Å². The summed E-state index contributed by atoms with van der Waals surface area (Å²) in [5, 5.41) is 0.344. The summed E-state index contributed by atoms with van der Waals surface area (Å²) >= 11 is 5.93. The van der Waals surface area contributed by atoms with Gasteiger partial charge in [-0.15, -0.1) is 0 Å². The topological polar surface area (TPSA) is 56.0 Å². The van der Waals surface area contributed by atoms with Gasteiger partial charge in [-0.25, -0.2) is 4.39 Å². The molecule has 1 aromatic carbocycles. The number of anilines is 1. The second-order valence-electron chi connectivity index (χ2n) is 3.81. The highest BCUT2D eigenvalue weighted by molar-refractivity contribution is 6.34. The van der Waals surface area contributed by atoms with Crippen LogP contribution in [0.5, 0.6) is 0 Å². The molecule has 0 aliphatic heterocycles. The van der Waals surface area contributed by atoms with E-state index in [0.29, 0.717) is 22.0 Å². The molecule has 0 saturated heterocycles. The van der Waals surface area contributed by atoms with Crippen molar-refractivity contribution < 1.29 is 9.18 Å². The fourth-order valence-electron chi connectivity index (χ4n) is 1.53. The molecule has 2 aromatic rings. The van der Waals surface area contributed by atoms with E-state index >= 15 is 0 Å². The number of nitrogen functional groups attached to an aromatic ring is 1. The number of hydrogen-bond donors (Lipinski definition) is 1. The van der Waals surface area contributed by atoms with Crippen LogP contribution in [0.4, 0.5) is 10.1 Å². The minimum atomic E-state index is -0.437. The fraction of sp³-hybridized carbons (Fsp3) is 0.0769. The van der Waals surface area contributed by atoms with Crippen molar-refractivity contribution in [3.05, 3.63) is 58.6 Å². The molecule has 0 spiro atoms. The molecule has 0 radical (unpaired) electrons. The van der Waals surface area contributed by atoms with Crippen LogP contribution in [0.1, 0.15) is 16.1 Å². The van der Waals surface area contributed by atoms with Crippen molar-refractivity contribution in [3.63, 3.8) is 0 Å². The molecule has 3 nitrogen and oxygen atoms in total. The Bertz CT molecular complexity index is 584. The summed E-state index contributed by atoms with van der Waals surface area (Å²) in [6.45, 7) is 0. The molecule has 0 bridgehead atoms. The Kier molecular flexibility index (Phi) is 3.58. The molecule has 0 unspecified atom stereocenters. The monoisotopic (exact) mass is 264 g/mol. The van der Waals surface area contributed by atoms with Crippen LogP contribution in [0.3, 0.4) is 0 Å². The van der Waals surface area contributed by atoms with Gasteiger partial charge in [0.15, 0.2) is 5.78 Å². The van der Waals surface area contributed by atoms with Gasteiger partial charge in [-0.1, -0.05) is 11.6 Å². The van der Waals surface area contributed by atoms with Crippen LogP contribution in [0.15, 0.2) is 36.5 Å². The third-order valence-corrected chi connectivity index (χ3v) is 2.75. The number of hydrogen-bond acceptors (Lipinski definition) is 3. The number of carbonyl (C=O) groups excluding carboxylic acids is 1. The molecule has 2 N–H and O–H groups in total. The van der Waals surface area contributed by atoms with Crippen molar-refractivity contribution >= 4 is 23.1 Å². The van der Waals surface area contributed by atoms with Crippen LogP contribution >= 0.6 is 11.6 Å². The first-order chi connectivity index (χ1) is 8.56. The fourth-order valence-corrected chi connectivity index (χ4v) is 1.75. The maximum Gasteiger partial charge on any atom is 0.170 e. The van der Waals surface area contributed by atoms with Crippen LogP contribution in [-0.4, -0.2) is 10.8 Å². The lowest BCUT2D eigenvalue weighted by atomic mass is 10.1. The molecule has 0 amide bonds. The number of carbonyl (C=O) groups is 1. The molecule has 0 atom stereocenters. The van der Waals surface area contributed by atoms with Crippen LogP contribution in [0.25, 0.3) is 0 Å². The standard InChI is InChI=1S/C13H10ClFN2O/c14-12-4-2-9(16)5-11(12)13(18)6-10-3-1-8(15)7-17-10/h1-5,7H,6,16H2. The zero-order valence-corrected chi connectivity index (χ0v) is 10.1. The molecule has 18 heavy (non-hydrogen) atoms. The minimum Gasteiger partial charge on any atom is -0.399 e. The normalized spacial score (nSPS) is 10.3. The Labute approximate surface area is 108 Å². The smallest absolute Gasteiger partial charge is 0.170 e. The average Bonchev–Trinajstić information content (AvgIpc) is 2.35. The number of nitrogens with zero attached hydrogens (tertiary/aromatic N) is 1. The van der Waals surface area contributed by atoms with Crippen LogP contribution in [-0.2, 0) is 6.42 Å². The Morgan fingerprint density at radius 1 is 1.33 bits per heavy atom. The van der Waals surface area contributed by atoms with Crippen LogP contribution < -0.4 is 5.73 Å². The SMILES string of the molecule is Nc1ccc(Cl)c(C(=O)Cc2ccc(F)cn2)c1. The number of Topliss-reactive ketones (excluding diaryl/α,β-unsaturated/α-hetero) is 1. The number of rotatable bonds is 3. The Balaban J connectivity index is 2.21. The first kappa shape index (κ1) is 12.5. The number of benzene rings is 1. The highest BCUT2D eigenvalue weighted by Crippen LogP contribution is 2.20. The lowest BCUT2D eigenvalue weighted by molar-refractivity contribution is 0.0992. The van der Waals surface area contributed by atoms with Crippen molar-refractivity contribution in [2.24, 2.45) is 0 Å². The van der Waals surface area contributed by atoms with Gasteiger partial charge in [-0.3, -0.25) is 9.78 Å². The second kappa shape index (κ2) is 5.14. The lowest BCUT2D eigenvalue weighted by Gasteiger charge is -2.04. The predicted molar refractivity (Wildman–Crippen MR) is 68.1 cm³/mol. The summed E-state index contributed by atoms with van der Waals surface area (Å²) < 4.78 is 12.7. The largest absolute Gasteiger partial charge is 0.399 e. The molecular weight excluding hydrogens is 255 g/mol. The molecule has 1 heterocycles. The minimum absolute atomic E-state index is 0.0590. The molecule has 0 aliphatic rings. The molecule has 1 aromatic heterocycles. The summed E-state index contributed by atoms with van der Waals surface area (Å²) in [6.07, 6.45) is 1.13. The lowest BCUT2D eigenvalue weighted by Crippen LogP contribution is -2.06. The zero-order chi connectivity index (χ0) is 13.1. The van der Waals surface area contributed by atoms with E-state index < -0.39 is 5.82 Å². The van der Waals surface area contributed by atoms with Crippen molar-refractivity contribution in [2.45, 2.75) is 6.42 Å². The number of halogens is 2. The first-order valence-electron chi connectivity index (χ1n) is 5.25. The van der Waals surface area contributed by atoms with Gasteiger partial charge in [0.1, 0.15) is 5.82 Å². The molecule has 0 saturated carbocycles. The summed E-state index contributed by atoms with van der Waals surface area (Å²) in [5.41, 5.74) is 6.91. The average molecular weight is 265 g/mol. The predicted octanol–water partition coefficient (Wildman–Crippen LogP) is 2.88. The van der Waals surface area contributed by atoms with E-state index in [9.17, 15) is 9.18 Å². The number of aromatic nitrogens is 1. The Hall–Kier alpha value is -1.94. The van der Waals surface area contributed by atoms with Crippen molar-refractivity contribution in [1.29, 1.82) is 0 Å². The number of pyridine rings is 1. The van der Waals surface area contributed by atoms with Gasteiger partial charge < -0.3 is 5.73 Å². The molecular formula is C13H10ClFN2O. The highest BCUT2D eigenvalue weighted by Gasteiger charge is 2.12. The van der Waals surface area contributed by atoms with Crippen LogP contribution in [0.2, 0.25) is 5.02 Å². The summed E-state index contributed by atoms with van der Waals surface area (Å²) in [6, 6.07) is 7.44. The van der Waals surface area contributed by atoms with Gasteiger partial charge in [-0.2, -0.15) is 0 Å². The van der Waals surface area contributed by atoms with Gasteiger partial charge in [0.2, 0.25) is 0 Å². The number of ketones is 1. The third kappa shape index (κ3) is 2.84. The summed E-state index contributed by atoms with van der Waals surface area (Å²) in [4.78, 5) is 15.8. The Morgan fingerprint density at radius 3 is 2.78 bits per heavy atom. The van der Waals surface area contributed by atoms with E-state index in [2.05, 4.69) is 4.98 Å². The summed E-state index contributed by atoms with van der Waals surface area (Å²) in [5.74, 6) is -0.639. The van der Waals surface area contributed by atoms with Crippen molar-refractivity contribution in [3.8, 4) is 0 Å². The van der Waals surface area contributed by atoms with E-state index in [-0.39, 0.29) is 12.2 Å². The van der Waals surface area contributed by atoms with E-state index in [1.807, 2.05) is 0 Å². The molecule has 0 aliphatic carbocycles. The third-order valence-electron chi connectivity index (χ3n) is 2.42.